The fourth-order valence-electron chi connectivity index (χ4n) is 2.04. The zero-order valence-corrected chi connectivity index (χ0v) is 8.86. The van der Waals surface area contributed by atoms with Crippen molar-refractivity contribution in [1.29, 1.82) is 0 Å². The van der Waals surface area contributed by atoms with E-state index in [1.54, 1.807) is 0 Å². The molecule has 1 N–H and O–H groups in total. The second kappa shape index (κ2) is 4.03. The number of hydrogen-bond donors (Lipinski definition) is 1. The molecule has 0 radical (unpaired) electrons. The first kappa shape index (κ1) is 10.2. The zero-order valence-electron chi connectivity index (χ0n) is 8.86. The van der Waals surface area contributed by atoms with Crippen LogP contribution in [0.2, 0.25) is 0 Å². The summed E-state index contributed by atoms with van der Waals surface area (Å²) >= 11 is 0. The largest absolute Gasteiger partial charge is 0.481 e. The lowest BCUT2D eigenvalue weighted by atomic mass is 9.97. The van der Waals surface area contributed by atoms with Gasteiger partial charge in [-0.2, -0.15) is 0 Å². The Kier molecular flexibility index (Phi) is 2.73. The SMILES string of the molecule is CN1CCc2ccc(CC(=O)O)cc2C1. The molecule has 0 fully saturated rings. The maximum Gasteiger partial charge on any atom is 0.307 e. The molecule has 0 atom stereocenters. The Hall–Kier alpha value is -1.35. The highest BCUT2D eigenvalue weighted by atomic mass is 16.4. The number of nitrogens with zero attached hydrogens (tertiary/aromatic N) is 1. The third-order valence-corrected chi connectivity index (χ3v) is 2.83. The molecule has 0 saturated heterocycles. The fourth-order valence-corrected chi connectivity index (χ4v) is 2.04. The Morgan fingerprint density at radius 3 is 3.00 bits per heavy atom. The molecule has 1 aromatic rings. The van der Waals surface area contributed by atoms with Crippen molar-refractivity contribution in [3.8, 4) is 0 Å². The molecule has 1 heterocycles. The van der Waals surface area contributed by atoms with E-state index in [0.717, 1.165) is 25.1 Å². The van der Waals surface area contributed by atoms with Crippen LogP contribution in [0.4, 0.5) is 0 Å². The molecule has 1 aromatic carbocycles. The molecule has 0 saturated carbocycles. The smallest absolute Gasteiger partial charge is 0.307 e. The highest BCUT2D eigenvalue weighted by Gasteiger charge is 2.13. The topological polar surface area (TPSA) is 40.5 Å². The summed E-state index contributed by atoms with van der Waals surface area (Å²) in [4.78, 5) is 12.8. The molecule has 80 valence electrons. The number of carboxylic acids is 1. The molecule has 0 spiro atoms. The number of fused-ring (bicyclic) bond motifs is 1. The summed E-state index contributed by atoms with van der Waals surface area (Å²) in [5.74, 6) is -0.765. The van der Waals surface area contributed by atoms with Gasteiger partial charge in [-0.05, 0) is 30.2 Å². The summed E-state index contributed by atoms with van der Waals surface area (Å²) in [6, 6.07) is 6.03. The van der Waals surface area contributed by atoms with E-state index in [1.165, 1.54) is 11.1 Å². The molecular formula is C12H15NO2. The Morgan fingerprint density at radius 2 is 2.27 bits per heavy atom. The first-order valence-corrected chi connectivity index (χ1v) is 5.16. The first-order chi connectivity index (χ1) is 7.15. The van der Waals surface area contributed by atoms with Gasteiger partial charge in [-0.15, -0.1) is 0 Å². The second-order valence-corrected chi connectivity index (χ2v) is 4.16. The molecule has 1 aliphatic rings. The van der Waals surface area contributed by atoms with Gasteiger partial charge in [-0.1, -0.05) is 18.2 Å². The summed E-state index contributed by atoms with van der Waals surface area (Å²) in [5, 5.41) is 8.71. The summed E-state index contributed by atoms with van der Waals surface area (Å²) in [6.45, 7) is 2.02. The molecule has 0 amide bonds. The van der Waals surface area contributed by atoms with E-state index in [1.807, 2.05) is 12.1 Å². The van der Waals surface area contributed by atoms with Crippen LogP contribution in [0.25, 0.3) is 0 Å². The maximum absolute atomic E-state index is 10.6. The third-order valence-electron chi connectivity index (χ3n) is 2.83. The van der Waals surface area contributed by atoms with Gasteiger partial charge in [-0.25, -0.2) is 0 Å². The second-order valence-electron chi connectivity index (χ2n) is 4.16. The average molecular weight is 205 g/mol. The molecule has 1 aliphatic heterocycles. The average Bonchev–Trinajstić information content (AvgIpc) is 2.16. The monoisotopic (exact) mass is 205 g/mol. The number of hydrogen-bond acceptors (Lipinski definition) is 2. The van der Waals surface area contributed by atoms with Gasteiger partial charge in [0.1, 0.15) is 0 Å². The van der Waals surface area contributed by atoms with Gasteiger partial charge in [-0.3, -0.25) is 4.79 Å². The van der Waals surface area contributed by atoms with E-state index in [9.17, 15) is 4.79 Å². The number of carbonyl (C=O) groups is 1. The number of aliphatic carboxylic acids is 1. The predicted molar refractivity (Wildman–Crippen MR) is 57.8 cm³/mol. The highest BCUT2D eigenvalue weighted by Crippen LogP contribution is 2.19. The lowest BCUT2D eigenvalue weighted by Gasteiger charge is -2.25. The van der Waals surface area contributed by atoms with E-state index in [0.29, 0.717) is 0 Å². The van der Waals surface area contributed by atoms with E-state index >= 15 is 0 Å². The van der Waals surface area contributed by atoms with Crippen molar-refractivity contribution >= 4 is 5.97 Å². The van der Waals surface area contributed by atoms with Crippen LogP contribution in [0.15, 0.2) is 18.2 Å². The first-order valence-electron chi connectivity index (χ1n) is 5.16. The fraction of sp³-hybridized carbons (Fsp3) is 0.417. The van der Waals surface area contributed by atoms with Crippen LogP contribution < -0.4 is 0 Å². The van der Waals surface area contributed by atoms with Crippen molar-refractivity contribution < 1.29 is 9.90 Å². The minimum absolute atomic E-state index is 0.122. The molecule has 0 aromatic heterocycles. The van der Waals surface area contributed by atoms with Gasteiger partial charge in [0.15, 0.2) is 0 Å². The number of carboxylic acid groups (broad SMARTS) is 1. The summed E-state index contributed by atoms with van der Waals surface area (Å²) in [6.07, 6.45) is 1.19. The van der Waals surface area contributed by atoms with Crippen LogP contribution in [0.1, 0.15) is 16.7 Å². The Bertz CT molecular complexity index is 387. The highest BCUT2D eigenvalue weighted by molar-refractivity contribution is 5.70. The van der Waals surface area contributed by atoms with Crippen molar-refractivity contribution in [2.45, 2.75) is 19.4 Å². The molecular weight excluding hydrogens is 190 g/mol. The molecule has 0 bridgehead atoms. The Morgan fingerprint density at radius 1 is 1.47 bits per heavy atom. The Balaban J connectivity index is 2.24. The normalized spacial score (nSPS) is 16.1. The van der Waals surface area contributed by atoms with E-state index in [4.69, 9.17) is 5.11 Å². The van der Waals surface area contributed by atoms with Crippen molar-refractivity contribution in [2.24, 2.45) is 0 Å². The standard InChI is InChI=1S/C12H15NO2/c1-13-5-4-10-3-2-9(7-12(14)15)6-11(10)8-13/h2-3,6H,4-5,7-8H2,1H3,(H,14,15). The quantitative estimate of drug-likeness (QED) is 0.791. The minimum atomic E-state index is -0.765. The van der Waals surface area contributed by atoms with Gasteiger partial charge in [0, 0.05) is 13.1 Å². The lowest BCUT2D eigenvalue weighted by molar-refractivity contribution is -0.136. The van der Waals surface area contributed by atoms with E-state index in [2.05, 4.69) is 18.0 Å². The molecule has 2 rings (SSSR count). The van der Waals surface area contributed by atoms with E-state index in [-0.39, 0.29) is 6.42 Å². The molecule has 15 heavy (non-hydrogen) atoms. The van der Waals surface area contributed by atoms with Crippen LogP contribution in [-0.4, -0.2) is 29.6 Å². The molecule has 0 unspecified atom stereocenters. The van der Waals surface area contributed by atoms with Crippen molar-refractivity contribution in [3.63, 3.8) is 0 Å². The van der Waals surface area contributed by atoms with Gasteiger partial charge in [0.2, 0.25) is 0 Å². The van der Waals surface area contributed by atoms with Crippen molar-refractivity contribution in [2.75, 3.05) is 13.6 Å². The predicted octanol–water partition coefficient (Wildman–Crippen LogP) is 1.30. The third kappa shape index (κ3) is 2.36. The molecule has 0 aliphatic carbocycles. The summed E-state index contributed by atoms with van der Waals surface area (Å²) < 4.78 is 0. The summed E-state index contributed by atoms with van der Waals surface area (Å²) in [7, 11) is 2.09. The lowest BCUT2D eigenvalue weighted by Crippen LogP contribution is -2.26. The van der Waals surface area contributed by atoms with Crippen molar-refractivity contribution in [3.05, 3.63) is 34.9 Å². The van der Waals surface area contributed by atoms with E-state index < -0.39 is 5.97 Å². The molecule has 3 nitrogen and oxygen atoms in total. The number of benzene rings is 1. The van der Waals surface area contributed by atoms with Crippen LogP contribution in [0, 0.1) is 0 Å². The maximum atomic E-state index is 10.6. The van der Waals surface area contributed by atoms with Gasteiger partial charge in [0.05, 0.1) is 6.42 Å². The van der Waals surface area contributed by atoms with Crippen LogP contribution in [0.3, 0.4) is 0 Å². The minimum Gasteiger partial charge on any atom is -0.481 e. The Labute approximate surface area is 89.3 Å². The van der Waals surface area contributed by atoms with Crippen LogP contribution >= 0.6 is 0 Å². The van der Waals surface area contributed by atoms with Gasteiger partial charge >= 0.3 is 5.97 Å². The van der Waals surface area contributed by atoms with Crippen LogP contribution in [0.5, 0.6) is 0 Å². The summed E-state index contributed by atoms with van der Waals surface area (Å²) in [5.41, 5.74) is 3.54. The van der Waals surface area contributed by atoms with Crippen molar-refractivity contribution in [1.82, 2.24) is 4.90 Å². The number of likely N-dealkylation sites (N-methyl/N-ethyl adjacent to an activating group) is 1. The number of rotatable bonds is 2. The molecule has 3 heteroatoms. The van der Waals surface area contributed by atoms with Gasteiger partial charge in [0.25, 0.3) is 0 Å². The van der Waals surface area contributed by atoms with Crippen LogP contribution in [-0.2, 0) is 24.2 Å². The van der Waals surface area contributed by atoms with Gasteiger partial charge < -0.3 is 10.0 Å². The zero-order chi connectivity index (χ0) is 10.8.